The average Bonchev–Trinajstić information content (AvgIpc) is 2.78. The van der Waals surface area contributed by atoms with Crippen molar-refractivity contribution in [3.8, 4) is 11.1 Å². The smallest absolute Gasteiger partial charge is 0.334 e. The Morgan fingerprint density at radius 3 is 2.44 bits per heavy atom. The quantitative estimate of drug-likeness (QED) is 0.478. The van der Waals surface area contributed by atoms with Crippen molar-refractivity contribution < 1.29 is 27.1 Å². The highest BCUT2D eigenvalue weighted by Gasteiger charge is 2.32. The summed E-state index contributed by atoms with van der Waals surface area (Å²) in [6.07, 6.45) is -1.99. The normalized spacial score (nSPS) is 16.7. The molecule has 12 heteroatoms. The minimum atomic E-state index is -4.57. The zero-order chi connectivity index (χ0) is 24.5. The van der Waals surface area contributed by atoms with E-state index in [0.717, 1.165) is 23.4 Å². The zero-order valence-electron chi connectivity index (χ0n) is 18.1. The number of alkyl halides is 3. The SMILES string of the molecule is Cc1cc(Nc2nccc(C(F)(F)F)n2)cc(-c2ccc(C(=O)N3CCS(O)(O)CC3)nc2)c1. The van der Waals surface area contributed by atoms with Gasteiger partial charge in [0.15, 0.2) is 0 Å². The maximum absolute atomic E-state index is 12.9. The third-order valence-electron chi connectivity index (χ3n) is 5.26. The van der Waals surface area contributed by atoms with E-state index in [0.29, 0.717) is 11.3 Å². The zero-order valence-corrected chi connectivity index (χ0v) is 18.9. The fourth-order valence-corrected chi connectivity index (χ4v) is 4.74. The maximum Gasteiger partial charge on any atom is 0.433 e. The lowest BCUT2D eigenvalue weighted by atomic mass is 10.0. The van der Waals surface area contributed by atoms with E-state index < -0.39 is 22.5 Å². The van der Waals surface area contributed by atoms with Gasteiger partial charge in [-0.3, -0.25) is 18.9 Å². The Kier molecular flexibility index (Phi) is 6.47. The highest BCUT2D eigenvalue weighted by Crippen LogP contribution is 2.40. The van der Waals surface area contributed by atoms with Crippen molar-refractivity contribution in [1.82, 2.24) is 19.9 Å². The van der Waals surface area contributed by atoms with Gasteiger partial charge >= 0.3 is 6.18 Å². The molecule has 0 unspecified atom stereocenters. The van der Waals surface area contributed by atoms with E-state index in [1.54, 1.807) is 35.4 Å². The molecule has 3 N–H and O–H groups in total. The molecule has 0 atom stereocenters. The monoisotopic (exact) mass is 493 g/mol. The number of pyridine rings is 1. The summed E-state index contributed by atoms with van der Waals surface area (Å²) >= 11 is 0. The lowest BCUT2D eigenvalue weighted by molar-refractivity contribution is -0.141. The van der Waals surface area contributed by atoms with Crippen molar-refractivity contribution in [2.75, 3.05) is 29.9 Å². The van der Waals surface area contributed by atoms with E-state index in [-0.39, 0.29) is 42.1 Å². The Morgan fingerprint density at radius 2 is 1.79 bits per heavy atom. The number of hydrogen-bond donors (Lipinski definition) is 3. The number of benzene rings is 1. The Morgan fingerprint density at radius 1 is 1.06 bits per heavy atom. The van der Waals surface area contributed by atoms with Crippen molar-refractivity contribution >= 4 is 28.1 Å². The minimum absolute atomic E-state index is 0.158. The van der Waals surface area contributed by atoms with E-state index >= 15 is 0 Å². The fourth-order valence-electron chi connectivity index (χ4n) is 3.51. The van der Waals surface area contributed by atoms with Crippen molar-refractivity contribution in [2.45, 2.75) is 13.1 Å². The second-order valence-corrected chi connectivity index (χ2v) is 10.3. The molecule has 1 aliphatic rings. The van der Waals surface area contributed by atoms with E-state index in [2.05, 4.69) is 20.3 Å². The second-order valence-electron chi connectivity index (χ2n) is 7.91. The number of nitrogens with one attached hydrogen (secondary N) is 1. The third kappa shape index (κ3) is 5.64. The molecule has 1 fully saturated rings. The summed E-state index contributed by atoms with van der Waals surface area (Å²) in [5.74, 6) is -0.143. The molecule has 0 spiro atoms. The Balaban J connectivity index is 1.51. The van der Waals surface area contributed by atoms with Crippen LogP contribution in [-0.4, -0.2) is 59.5 Å². The van der Waals surface area contributed by atoms with Gasteiger partial charge in [-0.25, -0.2) is 9.97 Å². The van der Waals surface area contributed by atoms with Crippen molar-refractivity contribution in [2.24, 2.45) is 0 Å². The number of anilines is 2. The lowest BCUT2D eigenvalue weighted by Crippen LogP contribution is -2.42. The molecule has 34 heavy (non-hydrogen) atoms. The number of hydrogen-bond acceptors (Lipinski definition) is 7. The maximum atomic E-state index is 12.9. The standard InChI is InChI=1S/C22H22F3N5O3S/c1-14-10-16(12-17(11-14)28-21-26-5-4-19(29-21)22(23,24)25)15-2-3-18(27-13-15)20(31)30-6-8-34(32,33)9-7-30/h2-5,10-13,32-33H,6-9H2,1H3,(H,26,28,29). The van der Waals surface area contributed by atoms with Gasteiger partial charge in [0.2, 0.25) is 5.95 Å². The van der Waals surface area contributed by atoms with Gasteiger partial charge in [0.1, 0.15) is 11.4 Å². The van der Waals surface area contributed by atoms with Gasteiger partial charge in [-0.2, -0.15) is 23.8 Å². The second kappa shape index (κ2) is 9.20. The molecule has 1 amide bonds. The molecule has 1 aromatic carbocycles. The molecular weight excluding hydrogens is 471 g/mol. The van der Waals surface area contributed by atoms with Gasteiger partial charge in [-0.1, -0.05) is 12.1 Å². The number of amides is 1. The van der Waals surface area contributed by atoms with E-state index in [1.165, 1.54) is 0 Å². The molecule has 0 bridgehead atoms. The van der Waals surface area contributed by atoms with Crippen LogP contribution in [0.5, 0.6) is 0 Å². The minimum Gasteiger partial charge on any atom is -0.334 e. The van der Waals surface area contributed by atoms with Crippen LogP contribution in [0.2, 0.25) is 0 Å². The van der Waals surface area contributed by atoms with Crippen LogP contribution in [0.1, 0.15) is 21.7 Å². The molecule has 180 valence electrons. The summed E-state index contributed by atoms with van der Waals surface area (Å²) in [6, 6.07) is 9.49. The van der Waals surface area contributed by atoms with Crippen LogP contribution in [-0.2, 0) is 6.18 Å². The molecule has 1 saturated heterocycles. The third-order valence-corrected chi connectivity index (χ3v) is 6.93. The Labute approximate surface area is 195 Å². The molecule has 8 nitrogen and oxygen atoms in total. The summed E-state index contributed by atoms with van der Waals surface area (Å²) < 4.78 is 58.2. The molecule has 2 aromatic heterocycles. The lowest BCUT2D eigenvalue weighted by Gasteiger charge is -2.40. The predicted molar refractivity (Wildman–Crippen MR) is 123 cm³/mol. The van der Waals surface area contributed by atoms with E-state index in [1.807, 2.05) is 13.0 Å². The Bertz CT molecular complexity index is 1200. The molecular formula is C22H22F3N5O3S. The summed E-state index contributed by atoms with van der Waals surface area (Å²) in [7, 11) is -2.60. The van der Waals surface area contributed by atoms with Crippen LogP contribution in [0.15, 0.2) is 48.8 Å². The van der Waals surface area contributed by atoms with Gasteiger partial charge < -0.3 is 10.2 Å². The van der Waals surface area contributed by atoms with Gasteiger partial charge in [-0.05, 0) is 42.3 Å². The van der Waals surface area contributed by atoms with Crippen LogP contribution in [0.4, 0.5) is 24.8 Å². The van der Waals surface area contributed by atoms with Gasteiger partial charge in [-0.15, -0.1) is 0 Å². The molecule has 3 aromatic rings. The highest BCUT2D eigenvalue weighted by molar-refractivity contribution is 8.24. The topological polar surface area (TPSA) is 111 Å². The molecule has 0 saturated carbocycles. The molecule has 0 radical (unpaired) electrons. The van der Waals surface area contributed by atoms with Gasteiger partial charge in [0.05, 0.1) is 11.5 Å². The Hall–Kier alpha value is -3.22. The van der Waals surface area contributed by atoms with E-state index in [4.69, 9.17) is 0 Å². The number of halogens is 3. The summed E-state index contributed by atoms with van der Waals surface area (Å²) in [5.41, 5.74) is 2.00. The van der Waals surface area contributed by atoms with Crippen molar-refractivity contribution in [3.05, 3.63) is 65.7 Å². The van der Waals surface area contributed by atoms with Crippen LogP contribution in [0.25, 0.3) is 11.1 Å². The highest BCUT2D eigenvalue weighted by atomic mass is 32.3. The van der Waals surface area contributed by atoms with Gasteiger partial charge in [0, 0.05) is 36.7 Å². The summed E-state index contributed by atoms with van der Waals surface area (Å²) in [4.78, 5) is 25.9. The average molecular weight is 494 g/mol. The van der Waals surface area contributed by atoms with E-state index in [9.17, 15) is 27.1 Å². The summed E-state index contributed by atoms with van der Waals surface area (Å²) in [6.45, 7) is 2.36. The van der Waals surface area contributed by atoms with Gasteiger partial charge in [0.25, 0.3) is 5.91 Å². The number of nitrogens with zero attached hydrogens (tertiary/aromatic N) is 4. The van der Waals surface area contributed by atoms with Crippen molar-refractivity contribution in [3.63, 3.8) is 0 Å². The fraction of sp³-hybridized carbons (Fsp3) is 0.273. The molecule has 1 aliphatic heterocycles. The first-order chi connectivity index (χ1) is 16.0. The number of aromatic nitrogens is 3. The first kappa shape index (κ1) is 23.9. The number of carbonyl (C=O) groups excluding carboxylic acids is 1. The molecule has 0 aliphatic carbocycles. The van der Waals surface area contributed by atoms with Crippen LogP contribution in [0, 0.1) is 6.92 Å². The predicted octanol–water partition coefficient (Wildman–Crippen LogP) is 4.82. The number of carbonyl (C=O) groups is 1. The van der Waals surface area contributed by atoms with Crippen LogP contribution in [0.3, 0.4) is 0 Å². The first-order valence-electron chi connectivity index (χ1n) is 10.3. The van der Waals surface area contributed by atoms with Crippen LogP contribution < -0.4 is 5.32 Å². The number of rotatable bonds is 4. The van der Waals surface area contributed by atoms with Crippen molar-refractivity contribution in [1.29, 1.82) is 0 Å². The molecule has 4 rings (SSSR count). The molecule has 3 heterocycles. The van der Waals surface area contributed by atoms with Crippen LogP contribution >= 0.6 is 10.6 Å². The largest absolute Gasteiger partial charge is 0.433 e. The number of aryl methyl sites for hydroxylation is 1. The first-order valence-corrected chi connectivity index (χ1v) is 12.2. The summed E-state index contributed by atoms with van der Waals surface area (Å²) in [5, 5.41) is 2.80.